The van der Waals surface area contributed by atoms with Gasteiger partial charge in [0.25, 0.3) is 0 Å². The lowest BCUT2D eigenvalue weighted by Gasteiger charge is -2.20. The summed E-state index contributed by atoms with van der Waals surface area (Å²) in [5, 5.41) is -0.431. The fraction of sp³-hybridized carbons (Fsp3) is 0.429. The van der Waals surface area contributed by atoms with Crippen LogP contribution in [0.5, 0.6) is 0 Å². The van der Waals surface area contributed by atoms with Crippen molar-refractivity contribution in [3.05, 3.63) is 35.4 Å². The maximum absolute atomic E-state index is 12.0. The monoisotopic (exact) mass is 280 g/mol. The van der Waals surface area contributed by atoms with E-state index in [1.807, 2.05) is 24.3 Å². The largest absolute Gasteiger partial charge is 0.320 e. The predicted octanol–water partition coefficient (Wildman–Crippen LogP) is 1.17. The Labute approximate surface area is 115 Å². The highest BCUT2D eigenvalue weighted by Crippen LogP contribution is 2.14. The fourth-order valence-corrected chi connectivity index (χ4v) is 2.65. The van der Waals surface area contributed by atoms with Crippen LogP contribution in [0.25, 0.3) is 0 Å². The molecule has 1 aromatic carbocycles. The van der Waals surface area contributed by atoms with Crippen molar-refractivity contribution in [1.82, 2.24) is 4.31 Å². The number of nitrogens with zero attached hydrogens (tertiary/aromatic N) is 1. The minimum Gasteiger partial charge on any atom is -0.320 e. The van der Waals surface area contributed by atoms with Gasteiger partial charge < -0.3 is 5.73 Å². The van der Waals surface area contributed by atoms with Gasteiger partial charge in [-0.3, -0.25) is 0 Å². The van der Waals surface area contributed by atoms with E-state index in [2.05, 4.69) is 11.8 Å². The van der Waals surface area contributed by atoms with Crippen molar-refractivity contribution in [2.24, 2.45) is 5.73 Å². The first-order chi connectivity index (χ1) is 8.89. The summed E-state index contributed by atoms with van der Waals surface area (Å²) in [4.78, 5) is 0. The first-order valence-corrected chi connectivity index (χ1v) is 7.62. The Hall–Kier alpha value is -1.35. The lowest BCUT2D eigenvalue weighted by Crippen LogP contribution is -2.32. The highest BCUT2D eigenvalue weighted by molar-refractivity contribution is 7.89. The van der Waals surface area contributed by atoms with Gasteiger partial charge in [-0.05, 0) is 25.5 Å². The number of benzene rings is 1. The Bertz CT molecular complexity index is 583. The van der Waals surface area contributed by atoms with Gasteiger partial charge >= 0.3 is 0 Å². The van der Waals surface area contributed by atoms with Crippen molar-refractivity contribution in [3.8, 4) is 11.8 Å². The van der Waals surface area contributed by atoms with Gasteiger partial charge in [0.05, 0.1) is 11.8 Å². The summed E-state index contributed by atoms with van der Waals surface area (Å²) in [7, 11) is -1.67. The van der Waals surface area contributed by atoms with Crippen LogP contribution in [0.1, 0.15) is 25.0 Å². The molecule has 0 spiro atoms. The molecule has 0 saturated heterocycles. The minimum atomic E-state index is -3.25. The zero-order chi connectivity index (χ0) is 14.5. The van der Waals surface area contributed by atoms with E-state index >= 15 is 0 Å². The van der Waals surface area contributed by atoms with E-state index in [0.717, 1.165) is 11.1 Å². The first kappa shape index (κ1) is 15.7. The molecular weight excluding hydrogens is 260 g/mol. The second-order valence-electron chi connectivity index (χ2n) is 4.51. The van der Waals surface area contributed by atoms with Gasteiger partial charge in [0.15, 0.2) is 0 Å². The van der Waals surface area contributed by atoms with Crippen LogP contribution >= 0.6 is 0 Å². The van der Waals surface area contributed by atoms with Crippen LogP contribution in [0, 0.1) is 11.8 Å². The topological polar surface area (TPSA) is 63.4 Å². The molecule has 0 aliphatic carbocycles. The summed E-state index contributed by atoms with van der Waals surface area (Å²) >= 11 is 0. The highest BCUT2D eigenvalue weighted by Gasteiger charge is 2.22. The van der Waals surface area contributed by atoms with Crippen molar-refractivity contribution in [1.29, 1.82) is 0 Å². The zero-order valence-corrected chi connectivity index (χ0v) is 12.4. The molecular formula is C14H20N2O2S. The fourth-order valence-electron chi connectivity index (χ4n) is 1.62. The SMILES string of the molecule is CC(C)S(=O)(=O)N(C)Cc1ccccc1C#CCN. The summed E-state index contributed by atoms with van der Waals surface area (Å²) in [6, 6.07) is 7.50. The van der Waals surface area contributed by atoms with Gasteiger partial charge in [-0.1, -0.05) is 30.0 Å². The van der Waals surface area contributed by atoms with Gasteiger partial charge in [0, 0.05) is 19.2 Å². The second-order valence-corrected chi connectivity index (χ2v) is 7.11. The highest BCUT2D eigenvalue weighted by atomic mass is 32.2. The van der Waals surface area contributed by atoms with E-state index in [1.54, 1.807) is 20.9 Å². The average molecular weight is 280 g/mol. The third-order valence-electron chi connectivity index (χ3n) is 2.77. The molecule has 0 unspecified atom stereocenters. The average Bonchev–Trinajstić information content (AvgIpc) is 2.37. The molecule has 104 valence electrons. The second kappa shape index (κ2) is 6.71. The maximum atomic E-state index is 12.0. The number of hydrogen-bond donors (Lipinski definition) is 1. The van der Waals surface area contributed by atoms with Crippen molar-refractivity contribution in [2.45, 2.75) is 25.6 Å². The van der Waals surface area contributed by atoms with Gasteiger partial charge in [-0.25, -0.2) is 12.7 Å². The number of rotatable bonds is 4. The molecule has 1 aromatic rings. The summed E-state index contributed by atoms with van der Waals surface area (Å²) in [5.41, 5.74) is 7.06. The molecule has 0 bridgehead atoms. The Kier molecular flexibility index (Phi) is 5.55. The van der Waals surface area contributed by atoms with Gasteiger partial charge in [-0.15, -0.1) is 0 Å². The first-order valence-electron chi connectivity index (χ1n) is 6.11. The molecule has 19 heavy (non-hydrogen) atoms. The van der Waals surface area contributed by atoms with Gasteiger partial charge in [0.2, 0.25) is 10.0 Å². The third kappa shape index (κ3) is 4.06. The van der Waals surface area contributed by atoms with E-state index in [1.165, 1.54) is 4.31 Å². The third-order valence-corrected chi connectivity index (χ3v) is 4.96. The van der Waals surface area contributed by atoms with Crippen molar-refractivity contribution >= 4 is 10.0 Å². The Morgan fingerprint density at radius 3 is 2.53 bits per heavy atom. The van der Waals surface area contributed by atoms with Gasteiger partial charge in [-0.2, -0.15) is 0 Å². The molecule has 0 heterocycles. The predicted molar refractivity (Wildman–Crippen MR) is 77.9 cm³/mol. The van der Waals surface area contributed by atoms with Crippen LogP contribution in [0.4, 0.5) is 0 Å². The molecule has 0 amide bonds. The number of hydrogen-bond acceptors (Lipinski definition) is 3. The normalized spacial score (nSPS) is 11.5. The smallest absolute Gasteiger partial charge is 0.216 e. The Morgan fingerprint density at radius 2 is 1.95 bits per heavy atom. The summed E-state index contributed by atoms with van der Waals surface area (Å²) in [6.07, 6.45) is 0. The molecule has 1 rings (SSSR count). The summed E-state index contributed by atoms with van der Waals surface area (Å²) < 4.78 is 25.4. The molecule has 0 atom stereocenters. The van der Waals surface area contributed by atoms with Crippen molar-refractivity contribution < 1.29 is 8.42 Å². The van der Waals surface area contributed by atoms with E-state index in [4.69, 9.17) is 5.73 Å². The summed E-state index contributed by atoms with van der Waals surface area (Å²) in [6.45, 7) is 3.95. The van der Waals surface area contributed by atoms with E-state index < -0.39 is 15.3 Å². The molecule has 0 fully saturated rings. The molecule has 0 saturated carbocycles. The Balaban J connectivity index is 3.01. The van der Waals surface area contributed by atoms with Crippen molar-refractivity contribution in [2.75, 3.05) is 13.6 Å². The molecule has 5 heteroatoms. The van der Waals surface area contributed by atoms with Gasteiger partial charge in [0.1, 0.15) is 0 Å². The molecule has 0 radical (unpaired) electrons. The van der Waals surface area contributed by atoms with Crippen LogP contribution in [0.3, 0.4) is 0 Å². The lowest BCUT2D eigenvalue weighted by atomic mass is 10.1. The molecule has 0 aliphatic heterocycles. The van der Waals surface area contributed by atoms with E-state index in [0.29, 0.717) is 6.54 Å². The van der Waals surface area contributed by atoms with E-state index in [9.17, 15) is 8.42 Å². The number of sulfonamides is 1. The quantitative estimate of drug-likeness (QED) is 0.842. The standard InChI is InChI=1S/C14H20N2O2S/c1-12(2)19(17,18)16(3)11-14-8-5-4-7-13(14)9-6-10-15/h4-5,7-8,12H,10-11,15H2,1-3H3. The number of nitrogens with two attached hydrogens (primary N) is 1. The Morgan fingerprint density at radius 1 is 1.32 bits per heavy atom. The van der Waals surface area contributed by atoms with Crippen LogP contribution in [0.2, 0.25) is 0 Å². The van der Waals surface area contributed by atoms with Crippen LogP contribution in [-0.2, 0) is 16.6 Å². The zero-order valence-electron chi connectivity index (χ0n) is 11.6. The molecule has 0 aliphatic rings. The maximum Gasteiger partial charge on any atom is 0.216 e. The summed E-state index contributed by atoms with van der Waals surface area (Å²) in [5.74, 6) is 5.75. The van der Waals surface area contributed by atoms with Crippen LogP contribution in [0.15, 0.2) is 24.3 Å². The lowest BCUT2D eigenvalue weighted by molar-refractivity contribution is 0.459. The molecule has 0 aromatic heterocycles. The minimum absolute atomic E-state index is 0.286. The van der Waals surface area contributed by atoms with Crippen LogP contribution in [-0.4, -0.2) is 31.6 Å². The van der Waals surface area contributed by atoms with Crippen LogP contribution < -0.4 is 5.73 Å². The molecule has 2 N–H and O–H groups in total. The van der Waals surface area contributed by atoms with E-state index in [-0.39, 0.29) is 6.54 Å². The van der Waals surface area contributed by atoms with Crippen molar-refractivity contribution in [3.63, 3.8) is 0 Å². The molecule has 4 nitrogen and oxygen atoms in total.